The third-order valence-electron chi connectivity index (χ3n) is 1.78. The van der Waals surface area contributed by atoms with E-state index in [0.717, 1.165) is 6.42 Å². The van der Waals surface area contributed by atoms with Crippen molar-refractivity contribution in [3.8, 4) is 0 Å². The van der Waals surface area contributed by atoms with Crippen LogP contribution in [0.3, 0.4) is 0 Å². The highest BCUT2D eigenvalue weighted by Crippen LogP contribution is 2.26. The van der Waals surface area contributed by atoms with Crippen LogP contribution in [0.4, 0.5) is 0 Å². The van der Waals surface area contributed by atoms with E-state index < -0.39 is 0 Å². The fourth-order valence-electron chi connectivity index (χ4n) is 1.31. The standard InChI is InChI=1S/C11H16O/c1-11(2,3)8-9-4-6-10(12)7-5-9/h4-6H,7-8H2,1-3H3. The van der Waals surface area contributed by atoms with E-state index in [-0.39, 0.29) is 5.78 Å². The zero-order chi connectivity index (χ0) is 9.19. The summed E-state index contributed by atoms with van der Waals surface area (Å²) in [4.78, 5) is 10.8. The Labute approximate surface area is 74.2 Å². The van der Waals surface area contributed by atoms with Gasteiger partial charge in [0, 0.05) is 6.42 Å². The monoisotopic (exact) mass is 164 g/mol. The molecule has 1 aliphatic carbocycles. The minimum absolute atomic E-state index is 0.215. The molecule has 0 saturated carbocycles. The van der Waals surface area contributed by atoms with Gasteiger partial charge in [0.25, 0.3) is 0 Å². The lowest BCUT2D eigenvalue weighted by Crippen LogP contribution is -2.07. The SMILES string of the molecule is CC(C)(C)CC1=CCC(=O)C=C1. The van der Waals surface area contributed by atoms with Crippen LogP contribution < -0.4 is 0 Å². The smallest absolute Gasteiger partial charge is 0.159 e. The molecule has 1 rings (SSSR count). The molecule has 66 valence electrons. The lowest BCUT2D eigenvalue weighted by atomic mass is 9.86. The summed E-state index contributed by atoms with van der Waals surface area (Å²) in [6.45, 7) is 6.62. The molecule has 0 bridgehead atoms. The van der Waals surface area contributed by atoms with Crippen molar-refractivity contribution >= 4 is 5.78 Å². The zero-order valence-electron chi connectivity index (χ0n) is 8.05. The van der Waals surface area contributed by atoms with Crippen molar-refractivity contribution in [1.29, 1.82) is 0 Å². The average Bonchev–Trinajstić information content (AvgIpc) is 1.91. The van der Waals surface area contributed by atoms with Crippen LogP contribution in [-0.4, -0.2) is 5.78 Å². The Bertz CT molecular complexity index is 238. The van der Waals surface area contributed by atoms with Gasteiger partial charge >= 0.3 is 0 Å². The molecule has 1 aliphatic rings. The van der Waals surface area contributed by atoms with E-state index in [0.29, 0.717) is 11.8 Å². The molecule has 0 atom stereocenters. The highest BCUT2D eigenvalue weighted by Gasteiger charge is 2.13. The number of allylic oxidation sites excluding steroid dienone is 4. The van der Waals surface area contributed by atoms with Crippen LogP contribution >= 0.6 is 0 Å². The summed E-state index contributed by atoms with van der Waals surface area (Å²) in [6.07, 6.45) is 7.30. The molecule has 0 unspecified atom stereocenters. The first-order valence-electron chi connectivity index (χ1n) is 4.37. The van der Waals surface area contributed by atoms with Gasteiger partial charge in [0.2, 0.25) is 0 Å². The molecule has 1 nitrogen and oxygen atoms in total. The van der Waals surface area contributed by atoms with Crippen LogP contribution in [-0.2, 0) is 4.79 Å². The Morgan fingerprint density at radius 3 is 2.42 bits per heavy atom. The summed E-state index contributed by atoms with van der Waals surface area (Å²) in [5.74, 6) is 0.215. The van der Waals surface area contributed by atoms with Crippen LogP contribution in [0.1, 0.15) is 33.6 Å². The number of carbonyl (C=O) groups excluding carboxylic acids is 1. The summed E-state index contributed by atoms with van der Waals surface area (Å²) in [7, 11) is 0. The number of rotatable bonds is 1. The molecule has 0 saturated heterocycles. The molecule has 0 radical (unpaired) electrons. The van der Waals surface area contributed by atoms with Crippen molar-refractivity contribution in [1.82, 2.24) is 0 Å². The van der Waals surface area contributed by atoms with Gasteiger partial charge in [-0.15, -0.1) is 0 Å². The molecule has 0 aliphatic heterocycles. The molecule has 0 heterocycles. The number of hydrogen-bond acceptors (Lipinski definition) is 1. The molecule has 0 aromatic heterocycles. The Balaban J connectivity index is 2.57. The van der Waals surface area contributed by atoms with Crippen LogP contribution in [0.25, 0.3) is 0 Å². The minimum Gasteiger partial charge on any atom is -0.295 e. The van der Waals surface area contributed by atoms with Crippen molar-refractivity contribution in [2.75, 3.05) is 0 Å². The molecule has 12 heavy (non-hydrogen) atoms. The largest absolute Gasteiger partial charge is 0.295 e. The maximum Gasteiger partial charge on any atom is 0.159 e. The summed E-state index contributed by atoms with van der Waals surface area (Å²) >= 11 is 0. The van der Waals surface area contributed by atoms with Gasteiger partial charge in [0.15, 0.2) is 5.78 Å². The number of carbonyl (C=O) groups is 1. The van der Waals surface area contributed by atoms with Gasteiger partial charge in [0.1, 0.15) is 0 Å². The van der Waals surface area contributed by atoms with Gasteiger partial charge in [0.05, 0.1) is 0 Å². The zero-order valence-corrected chi connectivity index (χ0v) is 8.05. The van der Waals surface area contributed by atoms with E-state index >= 15 is 0 Å². The quantitative estimate of drug-likeness (QED) is 0.582. The van der Waals surface area contributed by atoms with Crippen LogP contribution in [0.2, 0.25) is 0 Å². The Kier molecular flexibility index (Phi) is 2.51. The van der Waals surface area contributed by atoms with Crippen molar-refractivity contribution in [3.05, 3.63) is 23.8 Å². The van der Waals surface area contributed by atoms with Crippen molar-refractivity contribution in [2.45, 2.75) is 33.6 Å². The summed E-state index contributed by atoms with van der Waals surface area (Å²) in [5.41, 5.74) is 1.61. The number of ketones is 1. The summed E-state index contributed by atoms with van der Waals surface area (Å²) < 4.78 is 0. The van der Waals surface area contributed by atoms with Crippen molar-refractivity contribution < 1.29 is 4.79 Å². The summed E-state index contributed by atoms with van der Waals surface area (Å²) in [6, 6.07) is 0. The van der Waals surface area contributed by atoms with Crippen LogP contribution in [0.15, 0.2) is 23.8 Å². The molecule has 0 aromatic carbocycles. The first kappa shape index (κ1) is 9.24. The lowest BCUT2D eigenvalue weighted by Gasteiger charge is -2.19. The highest BCUT2D eigenvalue weighted by molar-refractivity contribution is 5.92. The van der Waals surface area contributed by atoms with E-state index in [2.05, 4.69) is 20.8 Å². The third kappa shape index (κ3) is 3.04. The first-order chi connectivity index (χ1) is 5.47. The van der Waals surface area contributed by atoms with Crippen LogP contribution in [0.5, 0.6) is 0 Å². The second-order valence-electron chi connectivity index (χ2n) is 4.52. The normalized spacial score (nSPS) is 17.9. The molecular weight excluding hydrogens is 148 g/mol. The molecule has 1 heteroatoms. The van der Waals surface area contributed by atoms with Crippen molar-refractivity contribution in [2.24, 2.45) is 5.41 Å². The lowest BCUT2D eigenvalue weighted by molar-refractivity contribution is -0.113. The fourth-order valence-corrected chi connectivity index (χ4v) is 1.31. The number of hydrogen-bond donors (Lipinski definition) is 0. The van der Waals surface area contributed by atoms with Crippen molar-refractivity contribution in [3.63, 3.8) is 0 Å². The van der Waals surface area contributed by atoms with Gasteiger partial charge < -0.3 is 0 Å². The molecule has 0 fully saturated rings. The minimum atomic E-state index is 0.215. The van der Waals surface area contributed by atoms with Gasteiger partial charge in [-0.05, 0) is 17.9 Å². The topological polar surface area (TPSA) is 17.1 Å². The molecule has 0 aromatic rings. The molecule has 0 spiro atoms. The van der Waals surface area contributed by atoms with E-state index in [1.165, 1.54) is 5.57 Å². The Hall–Kier alpha value is -0.850. The van der Waals surface area contributed by atoms with E-state index in [9.17, 15) is 4.79 Å². The fraction of sp³-hybridized carbons (Fsp3) is 0.545. The molecule has 0 amide bonds. The predicted octanol–water partition coefficient (Wildman–Crippen LogP) is 2.88. The van der Waals surface area contributed by atoms with Gasteiger partial charge in [-0.3, -0.25) is 4.79 Å². The maximum atomic E-state index is 10.8. The third-order valence-corrected chi connectivity index (χ3v) is 1.78. The predicted molar refractivity (Wildman–Crippen MR) is 50.9 cm³/mol. The average molecular weight is 164 g/mol. The second kappa shape index (κ2) is 3.26. The summed E-state index contributed by atoms with van der Waals surface area (Å²) in [5, 5.41) is 0. The maximum absolute atomic E-state index is 10.8. The van der Waals surface area contributed by atoms with E-state index in [4.69, 9.17) is 0 Å². The Morgan fingerprint density at radius 1 is 1.33 bits per heavy atom. The van der Waals surface area contributed by atoms with E-state index in [1.54, 1.807) is 6.08 Å². The van der Waals surface area contributed by atoms with Gasteiger partial charge in [-0.25, -0.2) is 0 Å². The van der Waals surface area contributed by atoms with Crippen LogP contribution in [0, 0.1) is 5.41 Å². The van der Waals surface area contributed by atoms with Gasteiger partial charge in [-0.1, -0.05) is 38.5 Å². The molecule has 0 N–H and O–H groups in total. The Morgan fingerprint density at radius 2 is 2.00 bits per heavy atom. The van der Waals surface area contributed by atoms with Gasteiger partial charge in [-0.2, -0.15) is 0 Å². The first-order valence-corrected chi connectivity index (χ1v) is 4.37. The molecular formula is C11H16O. The highest BCUT2D eigenvalue weighted by atomic mass is 16.1. The second-order valence-corrected chi connectivity index (χ2v) is 4.52. The van der Waals surface area contributed by atoms with E-state index in [1.807, 2.05) is 12.2 Å².